The molecule has 8 nitrogen and oxygen atoms in total. The molecule has 0 aromatic carbocycles. The Labute approximate surface area is 183 Å². The molecule has 0 atom stereocenters. The predicted octanol–water partition coefficient (Wildman–Crippen LogP) is 3.33. The number of thiophene rings is 1. The van der Waals surface area contributed by atoms with Crippen LogP contribution in [0.2, 0.25) is 0 Å². The minimum atomic E-state index is -0.416. The Balaban J connectivity index is 1.64. The highest BCUT2D eigenvalue weighted by atomic mass is 32.2. The normalized spacial score (nSPS) is 11.0. The lowest BCUT2D eigenvalue weighted by molar-refractivity contribution is -0.113. The second-order valence-electron chi connectivity index (χ2n) is 6.79. The number of ether oxygens (including phenoxy) is 1. The summed E-state index contributed by atoms with van der Waals surface area (Å²) in [4.78, 5) is 25.8. The van der Waals surface area contributed by atoms with Gasteiger partial charge in [-0.05, 0) is 38.5 Å². The van der Waals surface area contributed by atoms with Gasteiger partial charge in [0.15, 0.2) is 5.16 Å². The molecule has 0 unspecified atom stereocenters. The molecule has 0 aliphatic carbocycles. The first-order valence-electron chi connectivity index (χ1n) is 9.50. The van der Waals surface area contributed by atoms with Crippen molar-refractivity contribution >= 4 is 40.0 Å². The molecule has 3 aromatic rings. The molecule has 30 heavy (non-hydrogen) atoms. The highest BCUT2D eigenvalue weighted by Gasteiger charge is 2.22. The van der Waals surface area contributed by atoms with Crippen molar-refractivity contribution in [1.82, 2.24) is 19.3 Å². The van der Waals surface area contributed by atoms with Crippen LogP contribution in [0.15, 0.2) is 23.5 Å². The summed E-state index contributed by atoms with van der Waals surface area (Å²) < 4.78 is 9.07. The molecule has 1 amide bonds. The number of amides is 1. The smallest absolute Gasteiger partial charge is 0.341 e. The number of carbonyl (C=O) groups excluding carboxylic acids is 2. The van der Waals surface area contributed by atoms with E-state index in [1.165, 1.54) is 23.1 Å². The quantitative estimate of drug-likeness (QED) is 0.421. The van der Waals surface area contributed by atoms with Crippen molar-refractivity contribution in [3.63, 3.8) is 0 Å². The van der Waals surface area contributed by atoms with Crippen molar-refractivity contribution in [3.8, 4) is 0 Å². The summed E-state index contributed by atoms with van der Waals surface area (Å²) in [5.41, 5.74) is 2.40. The van der Waals surface area contributed by atoms with E-state index in [1.54, 1.807) is 6.92 Å². The maximum atomic E-state index is 12.5. The van der Waals surface area contributed by atoms with Gasteiger partial charge >= 0.3 is 5.97 Å². The number of esters is 1. The monoisotopic (exact) mass is 447 g/mol. The number of nitrogens with zero attached hydrogens (tertiary/aromatic N) is 4. The molecular formula is C20H25N5O3S2. The number of nitrogens with one attached hydrogen (secondary N) is 1. The molecule has 0 aliphatic heterocycles. The van der Waals surface area contributed by atoms with Crippen LogP contribution in [0.4, 0.5) is 5.00 Å². The lowest BCUT2D eigenvalue weighted by Crippen LogP contribution is -2.16. The van der Waals surface area contributed by atoms with Gasteiger partial charge in [0.1, 0.15) is 10.8 Å². The van der Waals surface area contributed by atoms with Crippen molar-refractivity contribution in [3.05, 3.63) is 45.9 Å². The molecule has 0 saturated carbocycles. The van der Waals surface area contributed by atoms with E-state index in [-0.39, 0.29) is 18.3 Å². The van der Waals surface area contributed by atoms with Gasteiger partial charge in [0, 0.05) is 37.3 Å². The van der Waals surface area contributed by atoms with Crippen molar-refractivity contribution in [2.24, 2.45) is 14.1 Å². The van der Waals surface area contributed by atoms with Crippen molar-refractivity contribution in [2.45, 2.75) is 32.3 Å². The van der Waals surface area contributed by atoms with E-state index in [1.807, 2.05) is 55.4 Å². The largest absolute Gasteiger partial charge is 0.462 e. The average molecular weight is 448 g/mol. The van der Waals surface area contributed by atoms with Crippen LogP contribution < -0.4 is 5.32 Å². The minimum absolute atomic E-state index is 0.161. The zero-order valence-corrected chi connectivity index (χ0v) is 19.3. The average Bonchev–Trinajstić information content (AvgIpc) is 3.34. The topological polar surface area (TPSA) is 91.0 Å². The third-order valence-corrected chi connectivity index (χ3v) is 6.91. The summed E-state index contributed by atoms with van der Waals surface area (Å²) in [6.45, 7) is 5.82. The maximum absolute atomic E-state index is 12.5. The van der Waals surface area contributed by atoms with E-state index in [4.69, 9.17) is 4.74 Å². The summed E-state index contributed by atoms with van der Waals surface area (Å²) in [6.07, 6.45) is 2.65. The Morgan fingerprint density at radius 3 is 2.70 bits per heavy atom. The van der Waals surface area contributed by atoms with Crippen LogP contribution in [-0.2, 0) is 30.0 Å². The Morgan fingerprint density at radius 1 is 1.27 bits per heavy atom. The first-order valence-corrected chi connectivity index (χ1v) is 11.3. The summed E-state index contributed by atoms with van der Waals surface area (Å²) in [5, 5.41) is 12.5. The minimum Gasteiger partial charge on any atom is -0.462 e. The van der Waals surface area contributed by atoms with Crippen LogP contribution in [0.5, 0.6) is 0 Å². The first kappa shape index (κ1) is 22.1. The molecule has 3 heterocycles. The van der Waals surface area contributed by atoms with Gasteiger partial charge in [-0.25, -0.2) is 4.79 Å². The SMILES string of the molecule is CCOC(=O)c1c(NC(=O)CSc2nnc(Cc3cccn3C)n2C)sc(C)c1C. The number of rotatable bonds is 8. The number of aromatic nitrogens is 4. The molecule has 0 spiro atoms. The Morgan fingerprint density at radius 2 is 2.03 bits per heavy atom. The van der Waals surface area contributed by atoms with Gasteiger partial charge in [-0.15, -0.1) is 21.5 Å². The molecule has 3 aromatic heterocycles. The fourth-order valence-corrected chi connectivity index (χ4v) is 4.72. The number of thioether (sulfide) groups is 1. The first-order chi connectivity index (χ1) is 14.3. The van der Waals surface area contributed by atoms with E-state index in [2.05, 4.69) is 15.5 Å². The summed E-state index contributed by atoms with van der Waals surface area (Å²) >= 11 is 2.68. The molecule has 0 radical (unpaired) electrons. The molecule has 3 rings (SSSR count). The Kier molecular flexibility index (Phi) is 6.99. The molecule has 0 aliphatic rings. The fourth-order valence-electron chi connectivity index (χ4n) is 2.92. The highest BCUT2D eigenvalue weighted by molar-refractivity contribution is 7.99. The van der Waals surface area contributed by atoms with E-state index in [0.29, 0.717) is 22.1 Å². The number of hydrogen-bond donors (Lipinski definition) is 1. The zero-order chi connectivity index (χ0) is 21.8. The third kappa shape index (κ3) is 4.76. The standard InChI is InChI=1S/C20H25N5O3S2/c1-6-28-19(27)17-12(2)13(3)30-18(17)21-16(26)11-29-20-23-22-15(25(20)5)10-14-8-7-9-24(14)4/h7-9H,6,10-11H2,1-5H3,(H,21,26). The molecular weight excluding hydrogens is 422 g/mol. The van der Waals surface area contributed by atoms with Gasteiger partial charge in [-0.2, -0.15) is 0 Å². The van der Waals surface area contributed by atoms with Crippen molar-refractivity contribution in [2.75, 3.05) is 17.7 Å². The van der Waals surface area contributed by atoms with Crippen LogP contribution in [0.25, 0.3) is 0 Å². The van der Waals surface area contributed by atoms with Gasteiger partial charge in [-0.1, -0.05) is 11.8 Å². The van der Waals surface area contributed by atoms with Crippen LogP contribution in [0.3, 0.4) is 0 Å². The summed E-state index contributed by atoms with van der Waals surface area (Å²) in [5.74, 6) is 0.363. The Bertz CT molecular complexity index is 1070. The summed E-state index contributed by atoms with van der Waals surface area (Å²) in [6, 6.07) is 4.03. The van der Waals surface area contributed by atoms with Crippen LogP contribution in [0.1, 0.15) is 39.2 Å². The van der Waals surface area contributed by atoms with Crippen LogP contribution in [0, 0.1) is 13.8 Å². The van der Waals surface area contributed by atoms with E-state index >= 15 is 0 Å². The fraction of sp³-hybridized carbons (Fsp3) is 0.400. The molecule has 10 heteroatoms. The zero-order valence-electron chi connectivity index (χ0n) is 17.7. The molecule has 0 saturated heterocycles. The molecule has 160 valence electrons. The number of aryl methyl sites for hydroxylation is 2. The maximum Gasteiger partial charge on any atom is 0.341 e. The second kappa shape index (κ2) is 9.48. The van der Waals surface area contributed by atoms with Gasteiger partial charge < -0.3 is 19.2 Å². The Hall–Kier alpha value is -2.59. The van der Waals surface area contributed by atoms with E-state index in [9.17, 15) is 9.59 Å². The third-order valence-electron chi connectivity index (χ3n) is 4.77. The van der Waals surface area contributed by atoms with E-state index in [0.717, 1.165) is 22.0 Å². The molecule has 0 bridgehead atoms. The highest BCUT2D eigenvalue weighted by Crippen LogP contribution is 2.33. The molecule has 1 N–H and O–H groups in total. The van der Waals surface area contributed by atoms with Gasteiger partial charge in [0.25, 0.3) is 0 Å². The number of anilines is 1. The predicted molar refractivity (Wildman–Crippen MR) is 118 cm³/mol. The lowest BCUT2D eigenvalue weighted by Gasteiger charge is -2.07. The van der Waals surface area contributed by atoms with Crippen molar-refractivity contribution in [1.29, 1.82) is 0 Å². The van der Waals surface area contributed by atoms with Crippen LogP contribution in [-0.4, -0.2) is 43.6 Å². The molecule has 0 fully saturated rings. The summed E-state index contributed by atoms with van der Waals surface area (Å²) in [7, 11) is 3.88. The van der Waals surface area contributed by atoms with Crippen molar-refractivity contribution < 1.29 is 14.3 Å². The number of hydrogen-bond acceptors (Lipinski definition) is 7. The van der Waals surface area contributed by atoms with Gasteiger partial charge in [0.05, 0.1) is 17.9 Å². The van der Waals surface area contributed by atoms with Gasteiger partial charge in [-0.3, -0.25) is 4.79 Å². The second-order valence-corrected chi connectivity index (χ2v) is 8.96. The van der Waals surface area contributed by atoms with E-state index < -0.39 is 5.97 Å². The van der Waals surface area contributed by atoms with Gasteiger partial charge in [0.2, 0.25) is 5.91 Å². The number of carbonyl (C=O) groups is 2. The van der Waals surface area contributed by atoms with Crippen LogP contribution >= 0.6 is 23.1 Å². The lowest BCUT2D eigenvalue weighted by atomic mass is 10.1.